The van der Waals surface area contributed by atoms with Crippen LogP contribution in [0.5, 0.6) is 5.75 Å². The van der Waals surface area contributed by atoms with Crippen LogP contribution in [-0.4, -0.2) is 5.91 Å². The minimum atomic E-state index is -0.697. The minimum absolute atomic E-state index is 0.0621. The number of hydrogen-bond acceptors (Lipinski definition) is 2. The Hall–Kier alpha value is -2.43. The Kier molecular flexibility index (Phi) is 3.98. The minimum Gasteiger partial charge on any atom is -0.489 e. The molecule has 0 spiro atoms. The Morgan fingerprint density at radius 3 is 2.50 bits per heavy atom. The van der Waals surface area contributed by atoms with Gasteiger partial charge in [0.15, 0.2) is 0 Å². The third-order valence-electron chi connectivity index (χ3n) is 2.88. The molecule has 0 heterocycles. The van der Waals surface area contributed by atoms with Gasteiger partial charge < -0.3 is 10.5 Å². The number of carbonyl (C=O) groups is 1. The molecule has 2 aromatic carbocycles. The van der Waals surface area contributed by atoms with Crippen molar-refractivity contribution in [1.82, 2.24) is 0 Å². The molecule has 5 heteroatoms. The summed E-state index contributed by atoms with van der Waals surface area (Å²) < 4.78 is 32.3. The molecule has 1 amide bonds. The maximum Gasteiger partial charge on any atom is 0.248 e. The van der Waals surface area contributed by atoms with Crippen LogP contribution in [0.3, 0.4) is 0 Å². The van der Waals surface area contributed by atoms with E-state index in [2.05, 4.69) is 0 Å². The van der Waals surface area contributed by atoms with E-state index in [0.717, 1.165) is 6.07 Å². The lowest BCUT2D eigenvalue weighted by molar-refractivity contribution is 0.0999. The highest BCUT2D eigenvalue weighted by Crippen LogP contribution is 2.18. The summed E-state index contributed by atoms with van der Waals surface area (Å²) in [6.45, 7) is 1.58. The van der Waals surface area contributed by atoms with Gasteiger partial charge in [0.1, 0.15) is 24.0 Å². The maximum absolute atomic E-state index is 13.7. The normalized spacial score (nSPS) is 10.3. The van der Waals surface area contributed by atoms with E-state index >= 15 is 0 Å². The van der Waals surface area contributed by atoms with Crippen LogP contribution < -0.4 is 10.5 Å². The molecule has 0 atom stereocenters. The van der Waals surface area contributed by atoms with Gasteiger partial charge in [0.05, 0.1) is 0 Å². The van der Waals surface area contributed by atoms with Crippen molar-refractivity contribution in [3.63, 3.8) is 0 Å². The Balaban J connectivity index is 2.10. The summed E-state index contributed by atoms with van der Waals surface area (Å²) >= 11 is 0. The molecule has 0 radical (unpaired) electrons. The van der Waals surface area contributed by atoms with Crippen molar-refractivity contribution in [3.05, 3.63) is 64.7 Å². The molecule has 2 N–H and O–H groups in total. The van der Waals surface area contributed by atoms with Crippen molar-refractivity contribution in [2.24, 2.45) is 5.73 Å². The summed E-state index contributed by atoms with van der Waals surface area (Å²) in [4.78, 5) is 10.9. The largest absolute Gasteiger partial charge is 0.489 e. The summed E-state index contributed by atoms with van der Waals surface area (Å²) in [6.07, 6.45) is 0. The third kappa shape index (κ3) is 3.12. The van der Waals surface area contributed by atoms with Gasteiger partial charge in [-0.1, -0.05) is 12.1 Å². The summed E-state index contributed by atoms with van der Waals surface area (Å²) in [7, 11) is 0. The molecule has 0 fully saturated rings. The molecular weight excluding hydrogens is 264 g/mol. The number of carbonyl (C=O) groups excluding carboxylic acids is 1. The second-order valence-electron chi connectivity index (χ2n) is 4.37. The SMILES string of the molecule is Cc1ccc(OCc2ccc(C(N)=O)cc2F)cc1F. The van der Waals surface area contributed by atoms with Gasteiger partial charge in [0.2, 0.25) is 5.91 Å². The number of rotatable bonds is 4. The summed E-state index contributed by atoms with van der Waals surface area (Å²) in [6, 6.07) is 8.31. The van der Waals surface area contributed by atoms with Crippen molar-refractivity contribution in [2.45, 2.75) is 13.5 Å². The van der Waals surface area contributed by atoms with E-state index in [0.29, 0.717) is 11.3 Å². The van der Waals surface area contributed by atoms with Gasteiger partial charge >= 0.3 is 0 Å². The smallest absolute Gasteiger partial charge is 0.248 e. The van der Waals surface area contributed by atoms with Crippen LogP contribution in [0.2, 0.25) is 0 Å². The van der Waals surface area contributed by atoms with Crippen molar-refractivity contribution in [3.8, 4) is 5.75 Å². The second kappa shape index (κ2) is 5.69. The molecule has 2 rings (SSSR count). The number of hydrogen-bond donors (Lipinski definition) is 1. The lowest BCUT2D eigenvalue weighted by atomic mass is 10.1. The Bertz CT molecular complexity index is 656. The van der Waals surface area contributed by atoms with Crippen LogP contribution in [-0.2, 0) is 6.61 Å². The molecule has 0 unspecified atom stereocenters. The van der Waals surface area contributed by atoms with E-state index in [4.69, 9.17) is 10.5 Å². The second-order valence-corrected chi connectivity index (χ2v) is 4.37. The van der Waals surface area contributed by atoms with Crippen molar-refractivity contribution < 1.29 is 18.3 Å². The number of amides is 1. The van der Waals surface area contributed by atoms with E-state index in [9.17, 15) is 13.6 Å². The Morgan fingerprint density at radius 2 is 1.90 bits per heavy atom. The molecule has 20 heavy (non-hydrogen) atoms. The van der Waals surface area contributed by atoms with Crippen LogP contribution >= 0.6 is 0 Å². The van der Waals surface area contributed by atoms with Crippen LogP contribution in [0.15, 0.2) is 36.4 Å². The highest BCUT2D eigenvalue weighted by Gasteiger charge is 2.08. The zero-order chi connectivity index (χ0) is 14.7. The first-order valence-electron chi connectivity index (χ1n) is 5.94. The maximum atomic E-state index is 13.7. The van der Waals surface area contributed by atoms with E-state index in [1.165, 1.54) is 18.2 Å². The molecule has 104 valence electrons. The monoisotopic (exact) mass is 277 g/mol. The number of aryl methyl sites for hydroxylation is 1. The summed E-state index contributed by atoms with van der Waals surface area (Å²) in [5.41, 5.74) is 5.91. The van der Waals surface area contributed by atoms with Gasteiger partial charge in [-0.25, -0.2) is 8.78 Å². The molecule has 2 aromatic rings. The fraction of sp³-hybridized carbons (Fsp3) is 0.133. The molecule has 0 aliphatic carbocycles. The van der Waals surface area contributed by atoms with Crippen LogP contribution in [0, 0.1) is 18.6 Å². The number of nitrogens with two attached hydrogens (primary N) is 1. The van der Waals surface area contributed by atoms with Gasteiger partial charge in [-0.05, 0) is 30.7 Å². The molecule has 0 aliphatic rings. The van der Waals surface area contributed by atoms with Crippen LogP contribution in [0.25, 0.3) is 0 Å². The average Bonchev–Trinajstić information content (AvgIpc) is 2.41. The molecule has 0 bridgehead atoms. The Labute approximate surface area is 115 Å². The van der Waals surface area contributed by atoms with Gasteiger partial charge in [-0.15, -0.1) is 0 Å². The zero-order valence-corrected chi connectivity index (χ0v) is 10.8. The first-order chi connectivity index (χ1) is 9.47. The van der Waals surface area contributed by atoms with Gasteiger partial charge in [0.25, 0.3) is 0 Å². The molecular formula is C15H13F2NO2. The Morgan fingerprint density at radius 1 is 1.15 bits per heavy atom. The number of ether oxygens (including phenoxy) is 1. The highest BCUT2D eigenvalue weighted by molar-refractivity contribution is 5.92. The van der Waals surface area contributed by atoms with E-state index in [1.54, 1.807) is 19.1 Å². The molecule has 0 saturated carbocycles. The fourth-order valence-electron chi connectivity index (χ4n) is 1.64. The van der Waals surface area contributed by atoms with Crippen molar-refractivity contribution in [1.29, 1.82) is 0 Å². The molecule has 0 aromatic heterocycles. The van der Waals surface area contributed by atoms with E-state index in [1.807, 2.05) is 0 Å². The standard InChI is InChI=1S/C15H13F2NO2/c1-9-2-5-12(7-13(9)16)20-8-11-4-3-10(15(18)19)6-14(11)17/h2-7H,8H2,1H3,(H2,18,19). The van der Waals surface area contributed by atoms with Gasteiger partial charge in [0, 0.05) is 17.2 Å². The predicted octanol–water partition coefficient (Wildman–Crippen LogP) is 2.95. The quantitative estimate of drug-likeness (QED) is 0.934. The first-order valence-corrected chi connectivity index (χ1v) is 5.94. The van der Waals surface area contributed by atoms with Gasteiger partial charge in [-0.3, -0.25) is 4.79 Å². The van der Waals surface area contributed by atoms with E-state index in [-0.39, 0.29) is 23.6 Å². The van der Waals surface area contributed by atoms with Gasteiger partial charge in [-0.2, -0.15) is 0 Å². The third-order valence-corrected chi connectivity index (χ3v) is 2.88. The average molecular weight is 277 g/mol. The van der Waals surface area contributed by atoms with Crippen LogP contribution in [0.4, 0.5) is 8.78 Å². The summed E-state index contributed by atoms with van der Waals surface area (Å²) in [5, 5.41) is 0. The molecule has 0 saturated heterocycles. The number of benzene rings is 2. The van der Waals surface area contributed by atoms with Crippen molar-refractivity contribution >= 4 is 5.91 Å². The van der Waals surface area contributed by atoms with E-state index < -0.39 is 11.7 Å². The number of primary amides is 1. The van der Waals surface area contributed by atoms with Crippen molar-refractivity contribution in [2.75, 3.05) is 0 Å². The number of halogens is 2. The lowest BCUT2D eigenvalue weighted by Crippen LogP contribution is -2.11. The summed E-state index contributed by atoms with van der Waals surface area (Å²) in [5.74, 6) is -1.36. The predicted molar refractivity (Wildman–Crippen MR) is 70.4 cm³/mol. The fourth-order valence-corrected chi connectivity index (χ4v) is 1.64. The zero-order valence-electron chi connectivity index (χ0n) is 10.8. The first kappa shape index (κ1) is 14.0. The lowest BCUT2D eigenvalue weighted by Gasteiger charge is -2.08. The highest BCUT2D eigenvalue weighted by atomic mass is 19.1. The topological polar surface area (TPSA) is 52.3 Å². The molecule has 0 aliphatic heterocycles. The molecule has 3 nitrogen and oxygen atoms in total. The van der Waals surface area contributed by atoms with Crippen LogP contribution in [0.1, 0.15) is 21.5 Å².